The van der Waals surface area contributed by atoms with Gasteiger partial charge in [0.15, 0.2) is 0 Å². The summed E-state index contributed by atoms with van der Waals surface area (Å²) in [5, 5.41) is 0. The number of hydrogen-bond donors (Lipinski definition) is 1. The molecule has 0 radical (unpaired) electrons. The number of H-pyrrole nitrogens is 1. The van der Waals surface area contributed by atoms with E-state index in [1.165, 1.54) is 16.7 Å². The van der Waals surface area contributed by atoms with Gasteiger partial charge >= 0.3 is 0 Å². The van der Waals surface area contributed by atoms with Crippen LogP contribution in [0.15, 0.2) is 37.2 Å². The Bertz CT molecular complexity index is 495. The minimum atomic E-state index is 0.848. The molecule has 0 saturated heterocycles. The Morgan fingerprint density at radius 3 is 2.88 bits per heavy atom. The van der Waals surface area contributed by atoms with Crippen molar-refractivity contribution in [3.8, 4) is 0 Å². The van der Waals surface area contributed by atoms with Crippen molar-refractivity contribution in [1.29, 1.82) is 0 Å². The van der Waals surface area contributed by atoms with Crippen molar-refractivity contribution in [3.05, 3.63) is 59.7 Å². The van der Waals surface area contributed by atoms with Gasteiger partial charge in [0, 0.05) is 18.0 Å². The van der Waals surface area contributed by atoms with Crippen LogP contribution in [0.3, 0.4) is 0 Å². The topological polar surface area (TPSA) is 28.7 Å². The third-order valence-electron chi connectivity index (χ3n) is 2.87. The highest BCUT2D eigenvalue weighted by molar-refractivity contribution is 5.76. The molecule has 2 nitrogen and oxygen atoms in total. The summed E-state index contributed by atoms with van der Waals surface area (Å²) in [6.07, 6.45) is 4.59. The molecule has 0 unspecified atom stereocenters. The average molecular weight is 212 g/mol. The van der Waals surface area contributed by atoms with E-state index in [0.717, 1.165) is 17.8 Å². The van der Waals surface area contributed by atoms with Gasteiger partial charge in [-0.15, -0.1) is 0 Å². The van der Waals surface area contributed by atoms with Crippen LogP contribution in [-0.2, 0) is 6.42 Å². The maximum Gasteiger partial charge on any atom is 0.137 e. The van der Waals surface area contributed by atoms with Gasteiger partial charge in [0.1, 0.15) is 5.82 Å². The number of imidazole rings is 1. The van der Waals surface area contributed by atoms with Crippen molar-refractivity contribution in [2.75, 3.05) is 0 Å². The van der Waals surface area contributed by atoms with E-state index < -0.39 is 0 Å². The van der Waals surface area contributed by atoms with Crippen molar-refractivity contribution >= 4 is 5.57 Å². The molecule has 1 heterocycles. The summed E-state index contributed by atoms with van der Waals surface area (Å²) in [7, 11) is 0. The van der Waals surface area contributed by atoms with Gasteiger partial charge in [0.2, 0.25) is 0 Å². The van der Waals surface area contributed by atoms with Gasteiger partial charge in [-0.25, -0.2) is 4.98 Å². The Balaban J connectivity index is 2.48. The summed E-state index contributed by atoms with van der Waals surface area (Å²) in [4.78, 5) is 7.34. The van der Waals surface area contributed by atoms with Crippen LogP contribution in [0.2, 0.25) is 0 Å². The smallest absolute Gasteiger partial charge is 0.137 e. The second kappa shape index (κ2) is 4.35. The first-order chi connectivity index (χ1) is 7.74. The molecule has 0 bridgehead atoms. The maximum atomic E-state index is 4.24. The van der Waals surface area contributed by atoms with Crippen LogP contribution in [0.5, 0.6) is 0 Å². The third-order valence-corrected chi connectivity index (χ3v) is 2.87. The van der Waals surface area contributed by atoms with E-state index in [2.05, 4.69) is 48.6 Å². The highest BCUT2D eigenvalue weighted by Gasteiger charge is 2.09. The number of benzene rings is 1. The molecule has 16 heavy (non-hydrogen) atoms. The molecule has 0 atom stereocenters. The highest BCUT2D eigenvalue weighted by atomic mass is 14.9. The first-order valence-corrected chi connectivity index (χ1v) is 5.51. The summed E-state index contributed by atoms with van der Waals surface area (Å²) in [5.41, 5.74) is 4.82. The Morgan fingerprint density at radius 1 is 1.44 bits per heavy atom. The van der Waals surface area contributed by atoms with E-state index in [4.69, 9.17) is 0 Å². The molecule has 0 aliphatic heterocycles. The lowest BCUT2D eigenvalue weighted by molar-refractivity contribution is 1.09. The minimum Gasteiger partial charge on any atom is -0.345 e. The van der Waals surface area contributed by atoms with Crippen molar-refractivity contribution < 1.29 is 0 Å². The number of nitrogens with one attached hydrogen (secondary N) is 1. The lowest BCUT2D eigenvalue weighted by atomic mass is 9.95. The van der Waals surface area contributed by atoms with Gasteiger partial charge in [-0.3, -0.25) is 0 Å². The first-order valence-electron chi connectivity index (χ1n) is 5.51. The molecular weight excluding hydrogens is 196 g/mol. The number of rotatable bonds is 3. The molecule has 0 spiro atoms. The second-order valence-electron chi connectivity index (χ2n) is 3.87. The number of aromatic amines is 1. The van der Waals surface area contributed by atoms with Crippen LogP contribution in [0, 0.1) is 6.92 Å². The average Bonchev–Trinajstić information content (AvgIpc) is 2.81. The zero-order valence-electron chi connectivity index (χ0n) is 9.75. The Morgan fingerprint density at radius 2 is 2.25 bits per heavy atom. The predicted octanol–water partition coefficient (Wildman–Crippen LogP) is 3.34. The molecular formula is C14H16N2. The van der Waals surface area contributed by atoms with Crippen LogP contribution in [0.1, 0.15) is 29.4 Å². The van der Waals surface area contributed by atoms with Gasteiger partial charge in [-0.2, -0.15) is 0 Å². The summed E-state index contributed by atoms with van der Waals surface area (Å²) < 4.78 is 0. The standard InChI is InChI=1S/C14H16N2/c1-4-12-10(2)6-5-7-13(12)11(3)14-15-8-9-16-14/h5-9H,3-4H2,1-2H3,(H,15,16). The zero-order valence-corrected chi connectivity index (χ0v) is 9.75. The number of aromatic nitrogens is 2. The number of nitrogens with zero attached hydrogens (tertiary/aromatic N) is 1. The Labute approximate surface area is 96.1 Å². The molecule has 1 aromatic heterocycles. The lowest BCUT2D eigenvalue weighted by Crippen LogP contribution is -1.97. The Kier molecular flexibility index (Phi) is 2.91. The number of hydrogen-bond acceptors (Lipinski definition) is 1. The minimum absolute atomic E-state index is 0.848. The quantitative estimate of drug-likeness (QED) is 0.830. The third kappa shape index (κ3) is 1.78. The maximum absolute atomic E-state index is 4.24. The zero-order chi connectivity index (χ0) is 11.5. The molecule has 0 fully saturated rings. The van der Waals surface area contributed by atoms with Crippen LogP contribution < -0.4 is 0 Å². The van der Waals surface area contributed by atoms with Crippen molar-refractivity contribution in [2.24, 2.45) is 0 Å². The summed E-state index contributed by atoms with van der Waals surface area (Å²) >= 11 is 0. The van der Waals surface area contributed by atoms with E-state index in [0.29, 0.717) is 0 Å². The molecule has 1 N–H and O–H groups in total. The van der Waals surface area contributed by atoms with Gasteiger partial charge in [0.25, 0.3) is 0 Å². The summed E-state index contributed by atoms with van der Waals surface area (Å²) in [6.45, 7) is 8.43. The van der Waals surface area contributed by atoms with Gasteiger partial charge in [-0.1, -0.05) is 31.7 Å². The molecule has 2 rings (SSSR count). The van der Waals surface area contributed by atoms with E-state index in [1.807, 2.05) is 6.20 Å². The predicted molar refractivity (Wildman–Crippen MR) is 67.3 cm³/mol. The molecule has 2 heteroatoms. The van der Waals surface area contributed by atoms with Crippen LogP contribution in [0.4, 0.5) is 0 Å². The van der Waals surface area contributed by atoms with E-state index in [-0.39, 0.29) is 0 Å². The van der Waals surface area contributed by atoms with E-state index in [1.54, 1.807) is 6.20 Å². The summed E-state index contributed by atoms with van der Waals surface area (Å²) in [6, 6.07) is 6.31. The van der Waals surface area contributed by atoms with Crippen LogP contribution >= 0.6 is 0 Å². The van der Waals surface area contributed by atoms with Gasteiger partial charge in [0.05, 0.1) is 0 Å². The summed E-state index contributed by atoms with van der Waals surface area (Å²) in [5.74, 6) is 0.848. The van der Waals surface area contributed by atoms with E-state index in [9.17, 15) is 0 Å². The number of aryl methyl sites for hydroxylation is 1. The highest BCUT2D eigenvalue weighted by Crippen LogP contribution is 2.24. The molecule has 0 saturated carbocycles. The SMILES string of the molecule is C=C(c1ncc[nH]1)c1cccc(C)c1CC. The monoisotopic (exact) mass is 212 g/mol. The van der Waals surface area contributed by atoms with Crippen LogP contribution in [-0.4, -0.2) is 9.97 Å². The van der Waals surface area contributed by atoms with Crippen molar-refractivity contribution in [2.45, 2.75) is 20.3 Å². The molecule has 0 aliphatic rings. The fourth-order valence-electron chi connectivity index (χ4n) is 2.01. The van der Waals surface area contributed by atoms with Crippen molar-refractivity contribution in [3.63, 3.8) is 0 Å². The van der Waals surface area contributed by atoms with Gasteiger partial charge in [-0.05, 0) is 30.0 Å². The van der Waals surface area contributed by atoms with Gasteiger partial charge < -0.3 is 4.98 Å². The molecule has 2 aromatic rings. The van der Waals surface area contributed by atoms with E-state index >= 15 is 0 Å². The molecule has 0 amide bonds. The first kappa shape index (κ1) is 10.7. The second-order valence-corrected chi connectivity index (χ2v) is 3.87. The largest absolute Gasteiger partial charge is 0.345 e. The lowest BCUT2D eigenvalue weighted by Gasteiger charge is -2.11. The van der Waals surface area contributed by atoms with Crippen LogP contribution in [0.25, 0.3) is 5.57 Å². The fourth-order valence-corrected chi connectivity index (χ4v) is 2.01. The fraction of sp³-hybridized carbons (Fsp3) is 0.214. The van der Waals surface area contributed by atoms with Crippen molar-refractivity contribution in [1.82, 2.24) is 9.97 Å². The molecule has 1 aromatic carbocycles. The molecule has 0 aliphatic carbocycles. The molecule has 82 valence electrons. The normalized spacial score (nSPS) is 10.4. The Hall–Kier alpha value is -1.83.